The molecule has 1 saturated heterocycles. The summed E-state index contributed by atoms with van der Waals surface area (Å²) in [4.78, 5) is 38.4. The molecule has 1 heterocycles. The summed E-state index contributed by atoms with van der Waals surface area (Å²) in [6, 6.07) is 12.1. The van der Waals surface area contributed by atoms with Crippen molar-refractivity contribution >= 4 is 66.6 Å². The van der Waals surface area contributed by atoms with Crippen LogP contribution in [-0.4, -0.2) is 35.5 Å². The fourth-order valence-corrected chi connectivity index (χ4v) is 4.09. The molecule has 0 N–H and O–H groups in total. The number of imide groups is 1. The van der Waals surface area contributed by atoms with Gasteiger partial charge in [-0.05, 0) is 63.6 Å². The van der Waals surface area contributed by atoms with Crippen molar-refractivity contribution in [3.8, 4) is 5.75 Å². The highest BCUT2D eigenvalue weighted by atomic mass is 79.9. The number of carbonyl (C=O) groups is 3. The topological polar surface area (TPSA) is 63.7 Å². The van der Waals surface area contributed by atoms with E-state index in [1.54, 1.807) is 55.7 Å². The fraction of sp³-hybridized carbons (Fsp3) is 0.105. The Bertz CT molecular complexity index is 957. The van der Waals surface area contributed by atoms with Gasteiger partial charge in [0.2, 0.25) is 0 Å². The van der Waals surface area contributed by atoms with Crippen LogP contribution < -0.4 is 4.74 Å². The maximum absolute atomic E-state index is 12.6. The predicted octanol–water partition coefficient (Wildman–Crippen LogP) is 5.14. The SMILES string of the molecule is COc1ccc(/C=C2/SC(=O)N(CC(=O)c3ccc(Br)cc3)C2=O)cc1Br. The van der Waals surface area contributed by atoms with Gasteiger partial charge < -0.3 is 4.74 Å². The van der Waals surface area contributed by atoms with Crippen LogP contribution in [0.15, 0.2) is 56.3 Å². The third-order valence-electron chi connectivity index (χ3n) is 3.82. The molecule has 0 bridgehead atoms. The summed E-state index contributed by atoms with van der Waals surface area (Å²) in [6.45, 7) is -0.282. The molecule has 8 heteroatoms. The second kappa shape index (κ2) is 8.41. The van der Waals surface area contributed by atoms with E-state index in [2.05, 4.69) is 31.9 Å². The molecular weight excluding hydrogens is 498 g/mol. The third kappa shape index (κ3) is 4.51. The molecule has 138 valence electrons. The zero-order valence-corrected chi connectivity index (χ0v) is 18.1. The number of ether oxygens (including phenoxy) is 1. The summed E-state index contributed by atoms with van der Waals surface area (Å²) in [5.74, 6) is -0.0963. The van der Waals surface area contributed by atoms with E-state index in [1.165, 1.54) is 0 Å². The third-order valence-corrected chi connectivity index (χ3v) is 5.87. The Hall–Kier alpha value is -1.90. The van der Waals surface area contributed by atoms with Gasteiger partial charge in [0.05, 0.1) is 23.0 Å². The number of Topliss-reactive ketones (excluding diaryl/α,β-unsaturated/α-hetero) is 1. The van der Waals surface area contributed by atoms with E-state index < -0.39 is 11.1 Å². The first-order chi connectivity index (χ1) is 12.9. The van der Waals surface area contributed by atoms with Crippen molar-refractivity contribution in [2.24, 2.45) is 0 Å². The standard InChI is InChI=1S/C19H13Br2NO4S/c1-26-16-7-2-11(8-14(16)21)9-17-18(24)22(19(25)27-17)10-15(23)12-3-5-13(20)6-4-12/h2-9H,10H2,1H3/b17-9+. The number of methoxy groups -OCH3 is 1. The maximum Gasteiger partial charge on any atom is 0.293 e. The van der Waals surface area contributed by atoms with Crippen molar-refractivity contribution in [2.45, 2.75) is 0 Å². The first-order valence-electron chi connectivity index (χ1n) is 7.76. The van der Waals surface area contributed by atoms with Crippen molar-refractivity contribution in [2.75, 3.05) is 13.7 Å². The van der Waals surface area contributed by atoms with Gasteiger partial charge in [-0.2, -0.15) is 0 Å². The van der Waals surface area contributed by atoms with Gasteiger partial charge in [-0.25, -0.2) is 0 Å². The molecule has 0 spiro atoms. The quantitative estimate of drug-likeness (QED) is 0.411. The van der Waals surface area contributed by atoms with Gasteiger partial charge in [0.1, 0.15) is 5.75 Å². The number of amides is 2. The lowest BCUT2D eigenvalue weighted by atomic mass is 10.1. The Morgan fingerprint density at radius 2 is 1.85 bits per heavy atom. The van der Waals surface area contributed by atoms with Crippen molar-refractivity contribution in [1.82, 2.24) is 4.90 Å². The van der Waals surface area contributed by atoms with Crippen LogP contribution in [0.4, 0.5) is 4.79 Å². The molecule has 2 amide bonds. The average molecular weight is 511 g/mol. The molecule has 3 rings (SSSR count). The smallest absolute Gasteiger partial charge is 0.293 e. The normalized spacial score (nSPS) is 15.5. The highest BCUT2D eigenvalue weighted by Gasteiger charge is 2.36. The summed E-state index contributed by atoms with van der Waals surface area (Å²) >= 11 is 7.52. The van der Waals surface area contributed by atoms with Crippen LogP contribution in [-0.2, 0) is 4.79 Å². The zero-order chi connectivity index (χ0) is 19.6. The van der Waals surface area contributed by atoms with Crippen LogP contribution in [0.2, 0.25) is 0 Å². The van der Waals surface area contributed by atoms with Crippen LogP contribution in [0.1, 0.15) is 15.9 Å². The number of hydrogen-bond donors (Lipinski definition) is 0. The minimum atomic E-state index is -0.470. The van der Waals surface area contributed by atoms with E-state index in [0.717, 1.165) is 31.2 Å². The van der Waals surface area contributed by atoms with Gasteiger partial charge in [0.15, 0.2) is 5.78 Å². The first kappa shape index (κ1) is 19.9. The Kier molecular flexibility index (Phi) is 6.18. The fourth-order valence-electron chi connectivity index (χ4n) is 2.43. The van der Waals surface area contributed by atoms with E-state index in [4.69, 9.17) is 4.74 Å². The maximum atomic E-state index is 12.6. The summed E-state index contributed by atoms with van der Waals surface area (Å²) in [6.07, 6.45) is 1.62. The van der Waals surface area contributed by atoms with E-state index >= 15 is 0 Å². The second-order valence-corrected chi connectivity index (χ2v) is 8.36. The van der Waals surface area contributed by atoms with Gasteiger partial charge in [-0.3, -0.25) is 19.3 Å². The molecule has 1 fully saturated rings. The molecular formula is C19H13Br2NO4S. The minimum Gasteiger partial charge on any atom is -0.496 e. The number of rotatable bonds is 5. The molecule has 27 heavy (non-hydrogen) atoms. The number of halogens is 2. The van der Waals surface area contributed by atoms with Crippen molar-refractivity contribution in [1.29, 1.82) is 0 Å². The Labute approximate surface area is 177 Å². The number of benzene rings is 2. The van der Waals surface area contributed by atoms with Crippen LogP contribution in [0.5, 0.6) is 5.75 Å². The summed E-state index contributed by atoms with van der Waals surface area (Å²) in [7, 11) is 1.56. The van der Waals surface area contributed by atoms with Gasteiger partial charge in [-0.1, -0.05) is 34.1 Å². The van der Waals surface area contributed by atoms with E-state index in [9.17, 15) is 14.4 Å². The molecule has 0 aromatic heterocycles. The predicted molar refractivity (Wildman–Crippen MR) is 112 cm³/mol. The highest BCUT2D eigenvalue weighted by molar-refractivity contribution is 9.10. The van der Waals surface area contributed by atoms with Crippen molar-refractivity contribution < 1.29 is 19.1 Å². The molecule has 0 radical (unpaired) electrons. The lowest BCUT2D eigenvalue weighted by Gasteiger charge is -2.11. The molecule has 2 aromatic rings. The summed E-state index contributed by atoms with van der Waals surface area (Å²) < 4.78 is 6.76. The Balaban J connectivity index is 1.77. The van der Waals surface area contributed by atoms with Crippen molar-refractivity contribution in [3.63, 3.8) is 0 Å². The number of ketones is 1. The lowest BCUT2D eigenvalue weighted by Crippen LogP contribution is -2.33. The Morgan fingerprint density at radius 1 is 1.15 bits per heavy atom. The van der Waals surface area contributed by atoms with Crippen LogP contribution >= 0.6 is 43.6 Å². The molecule has 0 saturated carbocycles. The summed E-state index contributed by atoms with van der Waals surface area (Å²) in [5.41, 5.74) is 1.19. The van der Waals surface area contributed by atoms with Crippen LogP contribution in [0.25, 0.3) is 6.08 Å². The number of nitrogens with zero attached hydrogens (tertiary/aromatic N) is 1. The van der Waals surface area contributed by atoms with Crippen molar-refractivity contribution in [3.05, 3.63) is 67.4 Å². The molecule has 0 aliphatic carbocycles. The second-order valence-electron chi connectivity index (χ2n) is 5.59. The van der Waals surface area contributed by atoms with Crippen LogP contribution in [0.3, 0.4) is 0 Å². The zero-order valence-electron chi connectivity index (χ0n) is 14.1. The van der Waals surface area contributed by atoms with Gasteiger partial charge in [0.25, 0.3) is 11.1 Å². The number of hydrogen-bond acceptors (Lipinski definition) is 5. The monoisotopic (exact) mass is 509 g/mol. The molecule has 0 atom stereocenters. The average Bonchev–Trinajstić information content (AvgIpc) is 2.90. The van der Waals surface area contributed by atoms with E-state index in [0.29, 0.717) is 11.3 Å². The largest absolute Gasteiger partial charge is 0.496 e. The summed E-state index contributed by atoms with van der Waals surface area (Å²) in [5, 5.41) is -0.454. The van der Waals surface area contributed by atoms with E-state index in [1.807, 2.05) is 0 Å². The molecule has 1 aliphatic heterocycles. The molecule has 0 unspecified atom stereocenters. The minimum absolute atomic E-state index is 0.278. The van der Waals surface area contributed by atoms with Gasteiger partial charge in [-0.15, -0.1) is 0 Å². The number of thioether (sulfide) groups is 1. The molecule has 5 nitrogen and oxygen atoms in total. The lowest BCUT2D eigenvalue weighted by molar-refractivity contribution is -0.122. The van der Waals surface area contributed by atoms with Gasteiger partial charge >= 0.3 is 0 Å². The Morgan fingerprint density at radius 3 is 2.48 bits per heavy atom. The molecule has 1 aliphatic rings. The van der Waals surface area contributed by atoms with Gasteiger partial charge in [0, 0.05) is 10.0 Å². The first-order valence-corrected chi connectivity index (χ1v) is 10.2. The molecule has 2 aromatic carbocycles. The number of carbonyl (C=O) groups excluding carboxylic acids is 3. The van der Waals surface area contributed by atoms with E-state index in [-0.39, 0.29) is 17.2 Å². The highest BCUT2D eigenvalue weighted by Crippen LogP contribution is 2.34. The van der Waals surface area contributed by atoms with Crippen LogP contribution in [0, 0.1) is 0 Å².